The third-order valence-electron chi connectivity index (χ3n) is 3.25. The lowest BCUT2D eigenvalue weighted by atomic mass is 10.0. The summed E-state index contributed by atoms with van der Waals surface area (Å²) < 4.78 is 0. The van der Waals surface area contributed by atoms with E-state index in [1.807, 2.05) is 19.2 Å². The number of likely N-dealkylation sites (N-methyl/N-ethyl adjacent to an activating group) is 1. The predicted octanol–water partition coefficient (Wildman–Crippen LogP) is 2.40. The van der Waals surface area contributed by atoms with Crippen molar-refractivity contribution in [1.82, 2.24) is 5.32 Å². The number of anilines is 1. The minimum atomic E-state index is 0.524. The molecule has 1 N–H and O–H groups in total. The van der Waals surface area contributed by atoms with Crippen molar-refractivity contribution in [3.05, 3.63) is 28.8 Å². The molecule has 1 aromatic carbocycles. The van der Waals surface area contributed by atoms with Gasteiger partial charge in [0.15, 0.2) is 0 Å². The summed E-state index contributed by atoms with van der Waals surface area (Å²) in [5, 5.41) is 12.8. The second-order valence-electron chi connectivity index (χ2n) is 4.35. The molecule has 1 atom stereocenters. The Kier molecular flexibility index (Phi) is 3.88. The first-order valence-electron chi connectivity index (χ1n) is 5.86. The van der Waals surface area contributed by atoms with Crippen LogP contribution < -0.4 is 10.2 Å². The molecule has 1 unspecified atom stereocenters. The molecule has 0 aromatic heterocycles. The number of hydrogen-bond acceptors (Lipinski definition) is 3. The van der Waals surface area contributed by atoms with Gasteiger partial charge in [-0.05, 0) is 38.1 Å². The van der Waals surface area contributed by atoms with Crippen LogP contribution in [-0.2, 0) is 0 Å². The predicted molar refractivity (Wildman–Crippen MR) is 70.5 cm³/mol. The van der Waals surface area contributed by atoms with Gasteiger partial charge in [0, 0.05) is 19.1 Å². The van der Waals surface area contributed by atoms with Gasteiger partial charge < -0.3 is 10.2 Å². The van der Waals surface area contributed by atoms with Crippen molar-refractivity contribution in [3.8, 4) is 6.07 Å². The standard InChI is InChI=1S/C13H16ClN3/c1-16-11-3-2-6-17(9-11)13-5-4-10(8-15)7-12(13)14/h4-5,7,11,16H,2-3,6,9H2,1H3. The van der Waals surface area contributed by atoms with E-state index in [0.29, 0.717) is 16.6 Å². The van der Waals surface area contributed by atoms with Gasteiger partial charge in [0.05, 0.1) is 22.3 Å². The molecule has 1 saturated heterocycles. The molecule has 1 aliphatic heterocycles. The summed E-state index contributed by atoms with van der Waals surface area (Å²) in [6.45, 7) is 2.01. The van der Waals surface area contributed by atoms with Gasteiger partial charge in [-0.15, -0.1) is 0 Å². The maximum Gasteiger partial charge on any atom is 0.0992 e. The Labute approximate surface area is 107 Å². The van der Waals surface area contributed by atoms with Gasteiger partial charge in [0.1, 0.15) is 0 Å². The normalized spacial score (nSPS) is 20.1. The van der Waals surface area contributed by atoms with E-state index in [-0.39, 0.29) is 0 Å². The van der Waals surface area contributed by atoms with Gasteiger partial charge in [-0.25, -0.2) is 0 Å². The highest BCUT2D eigenvalue weighted by Crippen LogP contribution is 2.29. The van der Waals surface area contributed by atoms with Gasteiger partial charge >= 0.3 is 0 Å². The molecule has 0 saturated carbocycles. The molecule has 2 rings (SSSR count). The topological polar surface area (TPSA) is 39.1 Å². The van der Waals surface area contributed by atoms with E-state index in [1.165, 1.54) is 12.8 Å². The molecule has 0 radical (unpaired) electrons. The van der Waals surface area contributed by atoms with Crippen molar-refractivity contribution in [1.29, 1.82) is 5.26 Å². The Morgan fingerprint density at radius 3 is 3.00 bits per heavy atom. The van der Waals surface area contributed by atoms with Crippen molar-refractivity contribution < 1.29 is 0 Å². The minimum absolute atomic E-state index is 0.524. The van der Waals surface area contributed by atoms with E-state index < -0.39 is 0 Å². The lowest BCUT2D eigenvalue weighted by molar-refractivity contribution is 0.449. The molecule has 1 fully saturated rings. The van der Waals surface area contributed by atoms with Crippen LogP contribution in [0.25, 0.3) is 0 Å². The SMILES string of the molecule is CNC1CCCN(c2ccc(C#N)cc2Cl)C1. The summed E-state index contributed by atoms with van der Waals surface area (Å²) in [5.41, 5.74) is 1.64. The fourth-order valence-corrected chi connectivity index (χ4v) is 2.56. The zero-order valence-corrected chi connectivity index (χ0v) is 10.7. The second-order valence-corrected chi connectivity index (χ2v) is 4.76. The van der Waals surface area contributed by atoms with E-state index in [0.717, 1.165) is 18.8 Å². The molecule has 4 heteroatoms. The lowest BCUT2D eigenvalue weighted by Gasteiger charge is -2.34. The summed E-state index contributed by atoms with van der Waals surface area (Å²) in [6.07, 6.45) is 2.38. The summed E-state index contributed by atoms with van der Waals surface area (Å²) in [5.74, 6) is 0. The third kappa shape index (κ3) is 2.71. The van der Waals surface area contributed by atoms with Crippen LogP contribution >= 0.6 is 11.6 Å². The molecule has 0 bridgehead atoms. The third-order valence-corrected chi connectivity index (χ3v) is 3.55. The van der Waals surface area contributed by atoms with Crippen molar-refractivity contribution in [2.75, 3.05) is 25.0 Å². The lowest BCUT2D eigenvalue weighted by Crippen LogP contribution is -2.44. The molecule has 3 nitrogen and oxygen atoms in total. The molecular weight excluding hydrogens is 234 g/mol. The first kappa shape index (κ1) is 12.2. The van der Waals surface area contributed by atoms with Crippen molar-refractivity contribution in [2.45, 2.75) is 18.9 Å². The molecule has 1 aliphatic rings. The van der Waals surface area contributed by atoms with Gasteiger partial charge in [-0.3, -0.25) is 0 Å². The second kappa shape index (κ2) is 5.39. The van der Waals surface area contributed by atoms with E-state index in [1.54, 1.807) is 6.07 Å². The van der Waals surface area contributed by atoms with E-state index >= 15 is 0 Å². The highest BCUT2D eigenvalue weighted by atomic mass is 35.5. The Balaban J connectivity index is 2.19. The summed E-state index contributed by atoms with van der Waals surface area (Å²) in [4.78, 5) is 2.29. The highest BCUT2D eigenvalue weighted by Gasteiger charge is 2.20. The van der Waals surface area contributed by atoms with Crippen LogP contribution in [0.4, 0.5) is 5.69 Å². The number of nitrogens with zero attached hydrogens (tertiary/aromatic N) is 2. The highest BCUT2D eigenvalue weighted by molar-refractivity contribution is 6.33. The molecule has 0 amide bonds. The number of nitrogens with one attached hydrogen (secondary N) is 1. The summed E-state index contributed by atoms with van der Waals surface area (Å²) >= 11 is 6.22. The smallest absolute Gasteiger partial charge is 0.0992 e. The molecule has 1 heterocycles. The minimum Gasteiger partial charge on any atom is -0.369 e. The summed E-state index contributed by atoms with van der Waals surface area (Å²) in [6, 6.07) is 8.13. The van der Waals surface area contributed by atoms with Crippen molar-refractivity contribution >= 4 is 17.3 Å². The average molecular weight is 250 g/mol. The van der Waals surface area contributed by atoms with Crippen LogP contribution in [-0.4, -0.2) is 26.2 Å². The molecule has 90 valence electrons. The van der Waals surface area contributed by atoms with Crippen LogP contribution in [0.1, 0.15) is 18.4 Å². The van der Waals surface area contributed by atoms with Crippen LogP contribution in [0, 0.1) is 11.3 Å². The zero-order valence-electron chi connectivity index (χ0n) is 9.91. The van der Waals surface area contributed by atoms with E-state index in [2.05, 4.69) is 16.3 Å². The number of piperidine rings is 1. The molecule has 0 aliphatic carbocycles. The van der Waals surface area contributed by atoms with Crippen molar-refractivity contribution in [3.63, 3.8) is 0 Å². The van der Waals surface area contributed by atoms with Gasteiger partial charge in [0.25, 0.3) is 0 Å². The zero-order chi connectivity index (χ0) is 12.3. The molecular formula is C13H16ClN3. The van der Waals surface area contributed by atoms with E-state index in [9.17, 15) is 0 Å². The summed E-state index contributed by atoms with van der Waals surface area (Å²) in [7, 11) is 1.99. The Hall–Kier alpha value is -1.24. The van der Waals surface area contributed by atoms with Crippen LogP contribution in [0.15, 0.2) is 18.2 Å². The van der Waals surface area contributed by atoms with Crippen LogP contribution in [0.2, 0.25) is 5.02 Å². The number of halogens is 1. The largest absolute Gasteiger partial charge is 0.369 e. The first-order valence-corrected chi connectivity index (χ1v) is 6.24. The maximum absolute atomic E-state index is 8.81. The number of rotatable bonds is 2. The van der Waals surface area contributed by atoms with Gasteiger partial charge in [-0.2, -0.15) is 5.26 Å². The number of nitriles is 1. The first-order chi connectivity index (χ1) is 8.24. The Morgan fingerprint density at radius 1 is 1.53 bits per heavy atom. The molecule has 17 heavy (non-hydrogen) atoms. The van der Waals surface area contributed by atoms with Crippen LogP contribution in [0.3, 0.4) is 0 Å². The monoisotopic (exact) mass is 249 g/mol. The quantitative estimate of drug-likeness (QED) is 0.875. The fraction of sp³-hybridized carbons (Fsp3) is 0.462. The van der Waals surface area contributed by atoms with Crippen molar-refractivity contribution in [2.24, 2.45) is 0 Å². The molecule has 0 spiro atoms. The average Bonchev–Trinajstić information content (AvgIpc) is 2.38. The number of benzene rings is 1. The maximum atomic E-state index is 8.81. The van der Waals surface area contributed by atoms with Gasteiger partial charge in [-0.1, -0.05) is 11.6 Å². The Bertz CT molecular complexity index is 439. The fourth-order valence-electron chi connectivity index (χ4n) is 2.26. The Morgan fingerprint density at radius 2 is 2.35 bits per heavy atom. The van der Waals surface area contributed by atoms with Crippen LogP contribution in [0.5, 0.6) is 0 Å². The van der Waals surface area contributed by atoms with E-state index in [4.69, 9.17) is 16.9 Å². The molecule has 1 aromatic rings. The van der Waals surface area contributed by atoms with Gasteiger partial charge in [0.2, 0.25) is 0 Å². The number of hydrogen-bond donors (Lipinski definition) is 1.